The van der Waals surface area contributed by atoms with E-state index in [9.17, 15) is 19.8 Å². The fraction of sp³-hybridized carbons (Fsp3) is 0.0500. The highest BCUT2D eigenvalue weighted by Gasteiger charge is 2.12. The molecular formula is C20H15NO6. The Bertz CT molecular complexity index is 1060. The van der Waals surface area contributed by atoms with E-state index in [2.05, 4.69) is 4.99 Å². The molecule has 3 rings (SSSR count). The number of benzene rings is 2. The van der Waals surface area contributed by atoms with Gasteiger partial charge in [-0.3, -0.25) is 4.99 Å². The Morgan fingerprint density at radius 2 is 1.70 bits per heavy atom. The first kappa shape index (κ1) is 17.9. The van der Waals surface area contributed by atoms with Gasteiger partial charge >= 0.3 is 11.9 Å². The molecule has 0 unspecified atom stereocenters. The number of carbonyl (C=O) groups is 2. The van der Waals surface area contributed by atoms with Gasteiger partial charge in [-0.2, -0.15) is 0 Å². The van der Waals surface area contributed by atoms with Crippen LogP contribution in [0.5, 0.6) is 5.75 Å². The van der Waals surface area contributed by atoms with E-state index in [1.807, 2.05) is 0 Å². The van der Waals surface area contributed by atoms with Gasteiger partial charge in [-0.25, -0.2) is 9.59 Å². The van der Waals surface area contributed by atoms with Crippen LogP contribution in [0.25, 0.3) is 11.3 Å². The molecule has 7 heteroatoms. The summed E-state index contributed by atoms with van der Waals surface area (Å²) < 4.78 is 5.66. The number of furan rings is 1. The molecule has 3 aromatic rings. The molecule has 0 spiro atoms. The number of nitrogens with zero attached hydrogens (tertiary/aromatic N) is 1. The molecule has 2 aromatic carbocycles. The van der Waals surface area contributed by atoms with Crippen LogP contribution in [0.4, 0.5) is 5.69 Å². The summed E-state index contributed by atoms with van der Waals surface area (Å²) in [6.45, 7) is 1.72. The summed E-state index contributed by atoms with van der Waals surface area (Å²) in [7, 11) is 0. The monoisotopic (exact) mass is 365 g/mol. The molecule has 0 aliphatic heterocycles. The lowest BCUT2D eigenvalue weighted by molar-refractivity contribution is 0.0683. The Balaban J connectivity index is 1.86. The van der Waals surface area contributed by atoms with Gasteiger partial charge in [0, 0.05) is 5.56 Å². The molecule has 0 saturated carbocycles. The molecule has 0 bridgehead atoms. The van der Waals surface area contributed by atoms with E-state index in [1.165, 1.54) is 30.5 Å². The second kappa shape index (κ2) is 7.17. The average Bonchev–Trinajstić information content (AvgIpc) is 3.10. The zero-order valence-electron chi connectivity index (χ0n) is 14.2. The van der Waals surface area contributed by atoms with Crippen LogP contribution >= 0.6 is 0 Å². The fourth-order valence-corrected chi connectivity index (χ4v) is 2.50. The van der Waals surface area contributed by atoms with Gasteiger partial charge in [0.2, 0.25) is 0 Å². The minimum absolute atomic E-state index is 0.199. The van der Waals surface area contributed by atoms with Crippen molar-refractivity contribution in [2.24, 2.45) is 4.99 Å². The first-order chi connectivity index (χ1) is 12.8. The zero-order valence-corrected chi connectivity index (χ0v) is 14.2. The predicted octanol–water partition coefficient (Wildman–Crippen LogP) is 4.11. The highest BCUT2D eigenvalue weighted by atomic mass is 16.4. The largest absolute Gasteiger partial charge is 0.507 e. The normalized spacial score (nSPS) is 11.0. The van der Waals surface area contributed by atoms with Crippen LogP contribution in [0, 0.1) is 6.92 Å². The van der Waals surface area contributed by atoms with Crippen molar-refractivity contribution in [2.45, 2.75) is 6.92 Å². The molecule has 0 saturated heterocycles. The zero-order chi connectivity index (χ0) is 19.6. The van der Waals surface area contributed by atoms with Crippen LogP contribution < -0.4 is 0 Å². The topological polar surface area (TPSA) is 120 Å². The van der Waals surface area contributed by atoms with Crippen LogP contribution in [0.15, 0.2) is 57.9 Å². The van der Waals surface area contributed by atoms with Crippen LogP contribution in [-0.4, -0.2) is 33.5 Å². The van der Waals surface area contributed by atoms with Crippen LogP contribution in [0.2, 0.25) is 0 Å². The van der Waals surface area contributed by atoms with E-state index in [4.69, 9.17) is 9.52 Å². The number of rotatable bonds is 5. The molecule has 0 aliphatic carbocycles. The number of carboxylic acid groups (broad SMARTS) is 2. The number of aryl methyl sites for hydroxylation is 1. The summed E-state index contributed by atoms with van der Waals surface area (Å²) in [5.74, 6) is -1.71. The molecule has 27 heavy (non-hydrogen) atoms. The van der Waals surface area contributed by atoms with Gasteiger partial charge in [0.05, 0.1) is 17.5 Å². The average molecular weight is 365 g/mol. The summed E-state index contributed by atoms with van der Waals surface area (Å²) in [6, 6.07) is 12.3. The van der Waals surface area contributed by atoms with Crippen molar-refractivity contribution in [1.29, 1.82) is 0 Å². The molecule has 7 nitrogen and oxygen atoms in total. The van der Waals surface area contributed by atoms with Crippen molar-refractivity contribution < 1.29 is 29.3 Å². The molecular weight excluding hydrogens is 350 g/mol. The third-order valence-electron chi connectivity index (χ3n) is 3.93. The molecule has 1 heterocycles. The molecule has 0 fully saturated rings. The van der Waals surface area contributed by atoms with E-state index in [-0.39, 0.29) is 16.9 Å². The second-order valence-corrected chi connectivity index (χ2v) is 5.80. The highest BCUT2D eigenvalue weighted by Crippen LogP contribution is 2.26. The van der Waals surface area contributed by atoms with Gasteiger partial charge in [0.15, 0.2) is 0 Å². The Hall–Kier alpha value is -3.87. The molecule has 1 aromatic heterocycles. The minimum Gasteiger partial charge on any atom is -0.507 e. The standard InChI is InChI=1S/C20H15NO6/c1-11-2-3-12(8-15(11)19(23)24)18-7-5-14(27-18)10-21-13-4-6-17(22)16(9-13)20(25)26/h2-10,22H,1H3,(H,23,24)(H,25,26). The van der Waals surface area contributed by atoms with Crippen molar-refractivity contribution in [2.75, 3.05) is 0 Å². The quantitative estimate of drug-likeness (QED) is 0.585. The Labute approximate surface area is 153 Å². The number of aromatic carboxylic acids is 2. The lowest BCUT2D eigenvalue weighted by Gasteiger charge is -2.03. The van der Waals surface area contributed by atoms with Crippen LogP contribution in [-0.2, 0) is 0 Å². The van der Waals surface area contributed by atoms with Crippen LogP contribution in [0.1, 0.15) is 32.0 Å². The smallest absolute Gasteiger partial charge is 0.339 e. The van der Waals surface area contributed by atoms with Gasteiger partial charge in [-0.05, 0) is 48.9 Å². The number of carboxylic acids is 2. The predicted molar refractivity (Wildman–Crippen MR) is 98.2 cm³/mol. The van der Waals surface area contributed by atoms with E-state index >= 15 is 0 Å². The Morgan fingerprint density at radius 1 is 0.963 bits per heavy atom. The van der Waals surface area contributed by atoms with Gasteiger partial charge in [-0.1, -0.05) is 12.1 Å². The van der Waals surface area contributed by atoms with Crippen molar-refractivity contribution >= 4 is 23.8 Å². The maximum atomic E-state index is 11.3. The first-order valence-electron chi connectivity index (χ1n) is 7.89. The first-order valence-corrected chi connectivity index (χ1v) is 7.89. The lowest BCUT2D eigenvalue weighted by atomic mass is 10.0. The number of phenols is 1. The third-order valence-corrected chi connectivity index (χ3v) is 3.93. The number of aromatic hydroxyl groups is 1. The highest BCUT2D eigenvalue weighted by molar-refractivity contribution is 5.92. The maximum absolute atomic E-state index is 11.3. The van der Waals surface area contributed by atoms with E-state index in [0.717, 1.165) is 0 Å². The molecule has 0 amide bonds. The number of hydrogen-bond acceptors (Lipinski definition) is 5. The van der Waals surface area contributed by atoms with Gasteiger partial charge in [0.25, 0.3) is 0 Å². The SMILES string of the molecule is Cc1ccc(-c2ccc(C=Nc3ccc(O)c(C(=O)O)c3)o2)cc1C(=O)O. The molecule has 0 radical (unpaired) electrons. The van der Waals surface area contributed by atoms with Gasteiger partial charge < -0.3 is 19.7 Å². The third kappa shape index (κ3) is 3.87. The van der Waals surface area contributed by atoms with Gasteiger partial charge in [-0.15, -0.1) is 0 Å². The summed E-state index contributed by atoms with van der Waals surface area (Å²) in [5, 5.41) is 27.7. The van der Waals surface area contributed by atoms with Crippen LogP contribution in [0.3, 0.4) is 0 Å². The summed E-state index contributed by atoms with van der Waals surface area (Å²) in [4.78, 5) is 26.4. The van der Waals surface area contributed by atoms with Crippen molar-refractivity contribution in [3.63, 3.8) is 0 Å². The van der Waals surface area contributed by atoms with E-state index in [1.54, 1.807) is 31.2 Å². The Kier molecular flexibility index (Phi) is 4.76. The summed E-state index contributed by atoms with van der Waals surface area (Å²) >= 11 is 0. The molecule has 0 atom stereocenters. The van der Waals surface area contributed by atoms with Crippen molar-refractivity contribution in [3.05, 3.63) is 71.0 Å². The van der Waals surface area contributed by atoms with E-state index in [0.29, 0.717) is 28.3 Å². The summed E-state index contributed by atoms with van der Waals surface area (Å²) in [5.41, 5.74) is 1.57. The second-order valence-electron chi connectivity index (χ2n) is 5.80. The molecule has 0 aliphatic rings. The minimum atomic E-state index is -1.25. The number of aliphatic imine (C=N–C) groups is 1. The molecule has 136 valence electrons. The molecule has 3 N–H and O–H groups in total. The van der Waals surface area contributed by atoms with Crippen molar-refractivity contribution in [3.8, 4) is 17.1 Å². The van der Waals surface area contributed by atoms with E-state index < -0.39 is 11.9 Å². The number of hydrogen-bond donors (Lipinski definition) is 3. The van der Waals surface area contributed by atoms with Crippen molar-refractivity contribution in [1.82, 2.24) is 0 Å². The fourth-order valence-electron chi connectivity index (χ4n) is 2.50. The lowest BCUT2D eigenvalue weighted by Crippen LogP contribution is -1.99. The summed E-state index contributed by atoms with van der Waals surface area (Å²) in [6.07, 6.45) is 1.41. The maximum Gasteiger partial charge on any atom is 0.339 e. The Morgan fingerprint density at radius 3 is 2.41 bits per heavy atom. The van der Waals surface area contributed by atoms with Gasteiger partial charge in [0.1, 0.15) is 22.8 Å².